The topological polar surface area (TPSA) is 45.2 Å². The number of amides is 1. The molecule has 4 nitrogen and oxygen atoms in total. The number of aromatic nitrogens is 1. The molecule has 1 fully saturated rings. The summed E-state index contributed by atoms with van der Waals surface area (Å²) >= 11 is 0. The van der Waals surface area contributed by atoms with Gasteiger partial charge < -0.3 is 10.2 Å². The Bertz CT molecular complexity index is 1170. The second-order valence-corrected chi connectivity index (χ2v) is 8.65. The van der Waals surface area contributed by atoms with Crippen molar-refractivity contribution in [3.8, 4) is 0 Å². The molecule has 0 aliphatic carbocycles. The van der Waals surface area contributed by atoms with Gasteiger partial charge >= 0.3 is 24.7 Å². The van der Waals surface area contributed by atoms with E-state index in [-0.39, 0.29) is 18.2 Å². The second-order valence-electron chi connectivity index (χ2n) is 8.65. The van der Waals surface area contributed by atoms with Crippen LogP contribution in [0.4, 0.5) is 58.5 Å². The fourth-order valence-corrected chi connectivity index (χ4v) is 4.14. The summed E-state index contributed by atoms with van der Waals surface area (Å²) in [5, 5.41) is 2.13. The van der Waals surface area contributed by atoms with Gasteiger partial charge in [-0.2, -0.15) is 52.7 Å². The molecular formula is C22H17F12N3O. The van der Waals surface area contributed by atoms with Gasteiger partial charge in [0, 0.05) is 38.3 Å². The minimum absolute atomic E-state index is 0.0304. The van der Waals surface area contributed by atoms with Gasteiger partial charge in [0.2, 0.25) is 5.91 Å². The lowest BCUT2D eigenvalue weighted by Gasteiger charge is -2.33. The number of benzene rings is 1. The minimum atomic E-state index is -5.41. The molecule has 16 heteroatoms. The van der Waals surface area contributed by atoms with Crippen LogP contribution in [0, 0.1) is 0 Å². The number of nitrogens with one attached hydrogen (secondary N) is 1. The maximum Gasteiger partial charge on any atom is 0.416 e. The summed E-state index contributed by atoms with van der Waals surface area (Å²) in [5.74, 6) is -1.30. The zero-order chi connectivity index (χ0) is 28.9. The monoisotopic (exact) mass is 567 g/mol. The van der Waals surface area contributed by atoms with Crippen LogP contribution in [0.3, 0.4) is 0 Å². The predicted octanol–water partition coefficient (Wildman–Crippen LogP) is 6.48. The van der Waals surface area contributed by atoms with Crippen molar-refractivity contribution in [2.45, 2.75) is 50.0 Å². The van der Waals surface area contributed by atoms with Gasteiger partial charge in [0.15, 0.2) is 0 Å². The van der Waals surface area contributed by atoms with E-state index in [1.807, 2.05) is 0 Å². The number of hydrogen-bond acceptors (Lipinski definition) is 3. The van der Waals surface area contributed by atoms with E-state index in [0.29, 0.717) is 17.2 Å². The van der Waals surface area contributed by atoms with Crippen molar-refractivity contribution in [2.75, 3.05) is 18.0 Å². The standard InChI is InChI=1S/C22H17F12N3O/c1-11(38)35-8-12-9-36-17(7-16(12)21(29,30)31)37-3-2-18(10-37,22(32,33)34)13-4-14(19(23,24)25)6-15(5-13)20(26,27)28/h4-7,9H,2-3,8,10H2,1H3,(H,35,38). The maximum absolute atomic E-state index is 14.3. The zero-order valence-corrected chi connectivity index (χ0v) is 19.1. The van der Waals surface area contributed by atoms with E-state index in [1.54, 1.807) is 0 Å². The molecule has 3 rings (SSSR count). The molecule has 2 heterocycles. The highest BCUT2D eigenvalue weighted by molar-refractivity contribution is 5.72. The number of carbonyl (C=O) groups excluding carboxylic acids is 1. The lowest BCUT2D eigenvalue weighted by Crippen LogP contribution is -2.45. The van der Waals surface area contributed by atoms with Gasteiger partial charge in [-0.25, -0.2) is 4.98 Å². The number of nitrogens with zero attached hydrogens (tertiary/aromatic N) is 2. The Hall–Kier alpha value is -3.20. The van der Waals surface area contributed by atoms with Crippen molar-refractivity contribution in [1.29, 1.82) is 0 Å². The highest BCUT2D eigenvalue weighted by Gasteiger charge is 2.60. The molecule has 1 unspecified atom stereocenters. The molecular weight excluding hydrogens is 550 g/mol. The van der Waals surface area contributed by atoms with Crippen molar-refractivity contribution >= 4 is 11.7 Å². The number of anilines is 1. The lowest BCUT2D eigenvalue weighted by atomic mass is 9.77. The summed E-state index contributed by atoms with van der Waals surface area (Å²) in [6, 6.07) is 0.0385. The molecule has 1 atom stereocenters. The van der Waals surface area contributed by atoms with Crippen LogP contribution in [0.2, 0.25) is 0 Å². The van der Waals surface area contributed by atoms with E-state index in [0.717, 1.165) is 6.92 Å². The molecule has 0 bridgehead atoms. The van der Waals surface area contributed by atoms with Gasteiger partial charge in [0.25, 0.3) is 0 Å². The van der Waals surface area contributed by atoms with Gasteiger partial charge in [0.1, 0.15) is 11.2 Å². The number of hydrogen-bond donors (Lipinski definition) is 1. The highest BCUT2D eigenvalue weighted by Crippen LogP contribution is 2.50. The number of rotatable bonds is 4. The number of pyridine rings is 1. The van der Waals surface area contributed by atoms with Gasteiger partial charge in [0.05, 0.1) is 16.7 Å². The molecule has 0 saturated carbocycles. The van der Waals surface area contributed by atoms with Gasteiger partial charge in [-0.3, -0.25) is 4.79 Å². The Morgan fingerprint density at radius 3 is 1.89 bits per heavy atom. The summed E-state index contributed by atoms with van der Waals surface area (Å²) in [6.07, 6.45) is -21.6. The van der Waals surface area contributed by atoms with Crippen LogP contribution in [-0.4, -0.2) is 30.2 Å². The first kappa shape index (κ1) is 29.4. The summed E-state index contributed by atoms with van der Waals surface area (Å²) in [4.78, 5) is 15.5. The molecule has 2 aromatic rings. The maximum atomic E-state index is 14.3. The molecule has 1 amide bonds. The van der Waals surface area contributed by atoms with Gasteiger partial charge in [-0.1, -0.05) is 0 Å². The van der Waals surface area contributed by atoms with Gasteiger partial charge in [-0.05, 0) is 36.2 Å². The van der Waals surface area contributed by atoms with Crippen molar-refractivity contribution in [2.24, 2.45) is 0 Å². The number of halogens is 12. The lowest BCUT2D eigenvalue weighted by molar-refractivity contribution is -0.185. The molecule has 0 radical (unpaired) electrons. The molecule has 38 heavy (non-hydrogen) atoms. The van der Waals surface area contributed by atoms with Crippen LogP contribution in [-0.2, 0) is 35.3 Å². The molecule has 1 aliphatic rings. The van der Waals surface area contributed by atoms with Crippen LogP contribution in [0.5, 0.6) is 0 Å². The Morgan fingerprint density at radius 1 is 0.895 bits per heavy atom. The molecule has 1 aromatic carbocycles. The fraction of sp³-hybridized carbons (Fsp3) is 0.455. The normalized spacial score (nSPS) is 19.1. The number of carbonyl (C=O) groups is 1. The molecule has 1 saturated heterocycles. The first-order chi connectivity index (χ1) is 17.1. The average Bonchev–Trinajstić information content (AvgIpc) is 3.22. The van der Waals surface area contributed by atoms with Crippen molar-refractivity contribution in [1.82, 2.24) is 10.3 Å². The first-order valence-corrected chi connectivity index (χ1v) is 10.6. The smallest absolute Gasteiger partial charge is 0.355 e. The molecule has 1 aromatic heterocycles. The highest BCUT2D eigenvalue weighted by atomic mass is 19.4. The molecule has 0 spiro atoms. The quantitative estimate of drug-likeness (QED) is 0.430. The van der Waals surface area contributed by atoms with Gasteiger partial charge in [-0.15, -0.1) is 0 Å². The first-order valence-electron chi connectivity index (χ1n) is 10.6. The predicted molar refractivity (Wildman–Crippen MR) is 108 cm³/mol. The summed E-state index contributed by atoms with van der Waals surface area (Å²) in [5.41, 5.74) is -10.4. The van der Waals surface area contributed by atoms with Crippen molar-refractivity contribution in [3.05, 3.63) is 58.3 Å². The fourth-order valence-electron chi connectivity index (χ4n) is 4.14. The SMILES string of the molecule is CC(=O)NCc1cnc(N2CCC(c3cc(C(F)(F)F)cc(C(F)(F)F)c3)(C(F)(F)F)C2)cc1C(F)(F)F. The van der Waals surface area contributed by atoms with E-state index in [4.69, 9.17) is 0 Å². The third-order valence-corrected chi connectivity index (χ3v) is 6.08. The van der Waals surface area contributed by atoms with E-state index in [9.17, 15) is 57.5 Å². The zero-order valence-electron chi connectivity index (χ0n) is 19.1. The molecule has 1 aliphatic heterocycles. The Balaban J connectivity index is 2.11. The van der Waals surface area contributed by atoms with E-state index in [1.165, 1.54) is 0 Å². The van der Waals surface area contributed by atoms with Crippen LogP contribution in [0.15, 0.2) is 30.5 Å². The summed E-state index contributed by atoms with van der Waals surface area (Å²) < 4.78 is 164. The second kappa shape index (κ2) is 9.52. The Labute approximate surface area is 206 Å². The van der Waals surface area contributed by atoms with Crippen molar-refractivity contribution < 1.29 is 57.5 Å². The summed E-state index contributed by atoms with van der Waals surface area (Å²) in [7, 11) is 0. The van der Waals surface area contributed by atoms with E-state index >= 15 is 0 Å². The van der Waals surface area contributed by atoms with Crippen LogP contribution in [0.25, 0.3) is 0 Å². The summed E-state index contributed by atoms with van der Waals surface area (Å²) in [6.45, 7) is -1.53. The van der Waals surface area contributed by atoms with Crippen LogP contribution >= 0.6 is 0 Å². The Morgan fingerprint density at radius 2 is 1.45 bits per heavy atom. The third kappa shape index (κ3) is 5.93. The third-order valence-electron chi connectivity index (χ3n) is 6.08. The number of alkyl halides is 12. The Kier molecular flexibility index (Phi) is 7.36. The van der Waals surface area contributed by atoms with Crippen LogP contribution in [0.1, 0.15) is 41.2 Å². The molecule has 210 valence electrons. The van der Waals surface area contributed by atoms with Crippen LogP contribution < -0.4 is 10.2 Å². The van der Waals surface area contributed by atoms with Crippen molar-refractivity contribution in [3.63, 3.8) is 0 Å². The van der Waals surface area contributed by atoms with E-state index < -0.39 is 95.7 Å². The largest absolute Gasteiger partial charge is 0.416 e. The molecule has 1 N–H and O–H groups in total. The average molecular weight is 567 g/mol. The van der Waals surface area contributed by atoms with E-state index in [2.05, 4.69) is 10.3 Å². The minimum Gasteiger partial charge on any atom is -0.355 e.